The zero-order valence-electron chi connectivity index (χ0n) is 6.98. The number of halogens is 2. The SMILES string of the molecule is Fc1cc(Cl)cc(C#CC2CC2)c1. The van der Waals surface area contributed by atoms with Crippen molar-refractivity contribution in [1.82, 2.24) is 0 Å². The maximum Gasteiger partial charge on any atom is 0.125 e. The molecule has 1 aliphatic carbocycles. The molecule has 0 aliphatic heterocycles. The highest BCUT2D eigenvalue weighted by Gasteiger charge is 2.17. The number of rotatable bonds is 0. The van der Waals surface area contributed by atoms with Gasteiger partial charge in [0.05, 0.1) is 0 Å². The molecule has 1 saturated carbocycles. The summed E-state index contributed by atoms with van der Waals surface area (Å²) in [7, 11) is 0. The lowest BCUT2D eigenvalue weighted by Gasteiger charge is -1.92. The van der Waals surface area contributed by atoms with Crippen LogP contribution in [0.4, 0.5) is 4.39 Å². The van der Waals surface area contributed by atoms with Gasteiger partial charge in [-0.15, -0.1) is 0 Å². The molecule has 0 unspecified atom stereocenters. The van der Waals surface area contributed by atoms with E-state index in [1.165, 1.54) is 25.0 Å². The molecule has 0 bridgehead atoms. The van der Waals surface area contributed by atoms with Crippen molar-refractivity contribution in [1.29, 1.82) is 0 Å². The van der Waals surface area contributed by atoms with Crippen LogP contribution in [0.2, 0.25) is 5.02 Å². The molecule has 0 heterocycles. The first-order chi connectivity index (χ1) is 6.24. The lowest BCUT2D eigenvalue weighted by atomic mass is 10.2. The van der Waals surface area contributed by atoms with Crippen LogP contribution < -0.4 is 0 Å². The maximum absolute atomic E-state index is 12.8. The third-order valence-corrected chi connectivity index (χ3v) is 2.08. The van der Waals surface area contributed by atoms with Crippen LogP contribution in [-0.4, -0.2) is 0 Å². The van der Waals surface area contributed by atoms with Crippen LogP contribution in [0, 0.1) is 23.6 Å². The van der Waals surface area contributed by atoms with E-state index < -0.39 is 0 Å². The Morgan fingerprint density at radius 3 is 2.69 bits per heavy atom. The number of hydrogen-bond donors (Lipinski definition) is 0. The van der Waals surface area contributed by atoms with Crippen molar-refractivity contribution in [3.05, 3.63) is 34.6 Å². The Morgan fingerprint density at radius 1 is 1.31 bits per heavy atom. The molecule has 1 aromatic rings. The molecule has 13 heavy (non-hydrogen) atoms. The lowest BCUT2D eigenvalue weighted by molar-refractivity contribution is 0.627. The lowest BCUT2D eigenvalue weighted by Crippen LogP contribution is -1.79. The van der Waals surface area contributed by atoms with Crippen LogP contribution in [-0.2, 0) is 0 Å². The molecule has 0 radical (unpaired) electrons. The van der Waals surface area contributed by atoms with Gasteiger partial charge in [-0.05, 0) is 31.0 Å². The van der Waals surface area contributed by atoms with E-state index in [1.807, 2.05) is 0 Å². The molecular weight excluding hydrogens is 187 g/mol. The molecular formula is C11H8ClF. The highest BCUT2D eigenvalue weighted by atomic mass is 35.5. The van der Waals surface area contributed by atoms with Gasteiger partial charge in [0.15, 0.2) is 0 Å². The van der Waals surface area contributed by atoms with E-state index in [2.05, 4.69) is 11.8 Å². The van der Waals surface area contributed by atoms with E-state index in [-0.39, 0.29) is 5.82 Å². The highest BCUT2D eigenvalue weighted by molar-refractivity contribution is 6.30. The Balaban J connectivity index is 2.25. The first-order valence-corrected chi connectivity index (χ1v) is 4.59. The average molecular weight is 195 g/mol. The molecule has 0 spiro atoms. The summed E-state index contributed by atoms with van der Waals surface area (Å²) in [5, 5.41) is 0.403. The van der Waals surface area contributed by atoms with Gasteiger partial charge < -0.3 is 0 Å². The van der Waals surface area contributed by atoms with Gasteiger partial charge in [-0.3, -0.25) is 0 Å². The van der Waals surface area contributed by atoms with Crippen molar-refractivity contribution < 1.29 is 4.39 Å². The first-order valence-electron chi connectivity index (χ1n) is 4.22. The van der Waals surface area contributed by atoms with Gasteiger partial charge in [0.25, 0.3) is 0 Å². The summed E-state index contributed by atoms with van der Waals surface area (Å²) in [6.45, 7) is 0. The Hall–Kier alpha value is -1.00. The molecule has 0 saturated heterocycles. The van der Waals surface area contributed by atoms with E-state index >= 15 is 0 Å². The van der Waals surface area contributed by atoms with Gasteiger partial charge in [0.2, 0.25) is 0 Å². The van der Waals surface area contributed by atoms with Crippen molar-refractivity contribution >= 4 is 11.6 Å². The van der Waals surface area contributed by atoms with E-state index in [9.17, 15) is 4.39 Å². The van der Waals surface area contributed by atoms with Gasteiger partial charge in [0.1, 0.15) is 5.82 Å². The fourth-order valence-corrected chi connectivity index (χ4v) is 1.26. The fraction of sp³-hybridized carbons (Fsp3) is 0.273. The van der Waals surface area contributed by atoms with Gasteiger partial charge in [-0.2, -0.15) is 0 Å². The molecule has 2 rings (SSSR count). The summed E-state index contributed by atoms with van der Waals surface area (Å²) in [4.78, 5) is 0. The van der Waals surface area contributed by atoms with Crippen LogP contribution in [0.15, 0.2) is 18.2 Å². The summed E-state index contributed by atoms with van der Waals surface area (Å²) in [6, 6.07) is 4.37. The fourth-order valence-electron chi connectivity index (χ4n) is 1.04. The highest BCUT2D eigenvalue weighted by Crippen LogP contribution is 2.27. The monoisotopic (exact) mass is 194 g/mol. The molecule has 1 aromatic carbocycles. The quantitative estimate of drug-likeness (QED) is 0.557. The predicted molar refractivity (Wildman–Crippen MR) is 51.0 cm³/mol. The topological polar surface area (TPSA) is 0 Å². The van der Waals surface area contributed by atoms with E-state index in [4.69, 9.17) is 11.6 Å². The molecule has 0 N–H and O–H groups in total. The Kier molecular flexibility index (Phi) is 2.24. The van der Waals surface area contributed by atoms with E-state index in [0.717, 1.165) is 0 Å². The van der Waals surface area contributed by atoms with Crippen molar-refractivity contribution in [3.63, 3.8) is 0 Å². The summed E-state index contributed by atoms with van der Waals surface area (Å²) < 4.78 is 12.8. The van der Waals surface area contributed by atoms with Crippen LogP contribution in [0.25, 0.3) is 0 Å². The van der Waals surface area contributed by atoms with Crippen LogP contribution in [0.5, 0.6) is 0 Å². The van der Waals surface area contributed by atoms with Crippen LogP contribution >= 0.6 is 11.6 Å². The van der Waals surface area contributed by atoms with E-state index in [0.29, 0.717) is 16.5 Å². The summed E-state index contributed by atoms with van der Waals surface area (Å²) in [5.41, 5.74) is 0.664. The Bertz CT molecular complexity index is 363. The molecule has 2 heteroatoms. The van der Waals surface area contributed by atoms with Crippen molar-refractivity contribution in [2.45, 2.75) is 12.8 Å². The van der Waals surface area contributed by atoms with Crippen molar-refractivity contribution in [3.8, 4) is 11.8 Å². The molecule has 1 fully saturated rings. The average Bonchev–Trinajstić information content (AvgIpc) is 2.81. The summed E-state index contributed by atoms with van der Waals surface area (Å²) in [5.74, 6) is 6.17. The van der Waals surface area contributed by atoms with Gasteiger partial charge in [-0.25, -0.2) is 4.39 Å². The summed E-state index contributed by atoms with van der Waals surface area (Å²) in [6.07, 6.45) is 2.35. The molecule has 1 aliphatic rings. The van der Waals surface area contributed by atoms with Crippen molar-refractivity contribution in [2.75, 3.05) is 0 Å². The van der Waals surface area contributed by atoms with Crippen LogP contribution in [0.1, 0.15) is 18.4 Å². The van der Waals surface area contributed by atoms with Gasteiger partial charge in [-0.1, -0.05) is 23.4 Å². The molecule has 66 valence electrons. The normalized spacial score (nSPS) is 14.9. The summed E-state index contributed by atoms with van der Waals surface area (Å²) >= 11 is 5.67. The third kappa shape index (κ3) is 2.47. The second kappa shape index (κ2) is 3.40. The second-order valence-corrected chi connectivity index (χ2v) is 3.64. The predicted octanol–water partition coefficient (Wildman–Crippen LogP) is 3.24. The molecule has 0 amide bonds. The standard InChI is InChI=1S/C11H8ClF/c12-10-5-9(6-11(13)7-10)4-3-8-1-2-8/h5-8H,1-2H2. The van der Waals surface area contributed by atoms with E-state index in [1.54, 1.807) is 6.07 Å². The minimum Gasteiger partial charge on any atom is -0.207 e. The Morgan fingerprint density at radius 2 is 2.08 bits per heavy atom. The number of hydrogen-bond acceptors (Lipinski definition) is 0. The maximum atomic E-state index is 12.8. The minimum atomic E-state index is -0.326. The van der Waals surface area contributed by atoms with Gasteiger partial charge in [0, 0.05) is 16.5 Å². The third-order valence-electron chi connectivity index (χ3n) is 1.86. The molecule has 0 nitrogen and oxygen atoms in total. The van der Waals surface area contributed by atoms with Crippen LogP contribution in [0.3, 0.4) is 0 Å². The smallest absolute Gasteiger partial charge is 0.125 e. The van der Waals surface area contributed by atoms with Crippen molar-refractivity contribution in [2.24, 2.45) is 5.92 Å². The zero-order valence-corrected chi connectivity index (χ0v) is 7.74. The largest absolute Gasteiger partial charge is 0.207 e. The minimum absolute atomic E-state index is 0.326. The molecule has 0 atom stereocenters. The number of benzene rings is 1. The van der Waals surface area contributed by atoms with Gasteiger partial charge >= 0.3 is 0 Å². The Labute approximate surface area is 81.7 Å². The second-order valence-electron chi connectivity index (χ2n) is 3.20. The molecule has 0 aromatic heterocycles. The zero-order chi connectivity index (χ0) is 9.26. The first kappa shape index (κ1) is 8.59.